The van der Waals surface area contributed by atoms with Crippen LogP contribution < -0.4 is 11.1 Å². The second-order valence-electron chi connectivity index (χ2n) is 7.47. The SMILES string of the molecule is C[C@H](Nc1ncnc(N)c1C#N)c1cc2cccc(F)c2nc1-c1ccccc1S(C)(=O)=O. The first-order valence-corrected chi connectivity index (χ1v) is 11.8. The number of hydrogen-bond donors (Lipinski definition) is 2. The van der Waals surface area contributed by atoms with Crippen molar-refractivity contribution in [2.24, 2.45) is 0 Å². The van der Waals surface area contributed by atoms with Crippen molar-refractivity contribution in [3.63, 3.8) is 0 Å². The Morgan fingerprint density at radius 2 is 1.91 bits per heavy atom. The molecule has 0 radical (unpaired) electrons. The van der Waals surface area contributed by atoms with Gasteiger partial charge in [0.05, 0.1) is 16.6 Å². The van der Waals surface area contributed by atoms with Gasteiger partial charge in [-0.15, -0.1) is 0 Å². The summed E-state index contributed by atoms with van der Waals surface area (Å²) in [5.74, 6) is -0.268. The average molecular weight is 463 g/mol. The largest absolute Gasteiger partial charge is 0.382 e. The number of nitrogen functional groups attached to an aromatic ring is 1. The molecule has 0 aliphatic rings. The number of hydrogen-bond acceptors (Lipinski definition) is 8. The molecular formula is C23H19FN6O2S. The standard InChI is InChI=1S/C23H19FN6O2S/c1-13(29-23-17(11-25)22(26)27-12-28-23)16-10-14-6-5-8-18(24)20(14)30-21(16)15-7-3-4-9-19(15)33(2,31)32/h3-10,12-13H,1-2H3,(H3,26,27,28,29)/t13-/m0/s1. The third-order valence-electron chi connectivity index (χ3n) is 5.18. The molecule has 0 amide bonds. The van der Waals surface area contributed by atoms with E-state index in [4.69, 9.17) is 5.73 Å². The maximum Gasteiger partial charge on any atom is 0.176 e. The highest BCUT2D eigenvalue weighted by molar-refractivity contribution is 7.90. The van der Waals surface area contributed by atoms with E-state index in [2.05, 4.69) is 20.3 Å². The molecule has 33 heavy (non-hydrogen) atoms. The van der Waals surface area contributed by atoms with E-state index in [1.165, 1.54) is 18.5 Å². The summed E-state index contributed by atoms with van der Waals surface area (Å²) in [6, 6.07) is 14.2. The third kappa shape index (κ3) is 4.18. The topological polar surface area (TPSA) is 135 Å². The van der Waals surface area contributed by atoms with Gasteiger partial charge in [-0.3, -0.25) is 0 Å². The number of aromatic nitrogens is 3. The van der Waals surface area contributed by atoms with Crippen molar-refractivity contribution in [2.45, 2.75) is 17.9 Å². The molecule has 2 aromatic carbocycles. The number of halogens is 1. The maximum atomic E-state index is 14.6. The Morgan fingerprint density at radius 1 is 1.15 bits per heavy atom. The van der Waals surface area contributed by atoms with Gasteiger partial charge in [0, 0.05) is 22.8 Å². The van der Waals surface area contributed by atoms with Crippen molar-refractivity contribution in [3.8, 4) is 17.3 Å². The monoisotopic (exact) mass is 462 g/mol. The van der Waals surface area contributed by atoms with Crippen LogP contribution in [0.4, 0.5) is 16.0 Å². The Balaban J connectivity index is 1.96. The zero-order valence-electron chi connectivity index (χ0n) is 17.7. The smallest absolute Gasteiger partial charge is 0.176 e. The van der Waals surface area contributed by atoms with E-state index in [-0.39, 0.29) is 27.6 Å². The molecule has 0 saturated carbocycles. The Morgan fingerprint density at radius 3 is 2.64 bits per heavy atom. The number of nitriles is 1. The van der Waals surface area contributed by atoms with Gasteiger partial charge in [-0.05, 0) is 25.1 Å². The van der Waals surface area contributed by atoms with E-state index in [1.54, 1.807) is 43.3 Å². The molecule has 0 saturated heterocycles. The zero-order valence-corrected chi connectivity index (χ0v) is 18.6. The highest BCUT2D eigenvalue weighted by atomic mass is 32.2. The fourth-order valence-electron chi connectivity index (χ4n) is 3.61. The second kappa shape index (κ2) is 8.44. The Kier molecular flexibility index (Phi) is 5.66. The lowest BCUT2D eigenvalue weighted by Crippen LogP contribution is -2.13. The lowest BCUT2D eigenvalue weighted by atomic mass is 9.98. The van der Waals surface area contributed by atoms with Crippen LogP contribution in [0.3, 0.4) is 0 Å². The lowest BCUT2D eigenvalue weighted by Gasteiger charge is -2.21. The fourth-order valence-corrected chi connectivity index (χ4v) is 4.50. The molecular weight excluding hydrogens is 443 g/mol. The first-order chi connectivity index (χ1) is 15.7. The van der Waals surface area contributed by atoms with Crippen molar-refractivity contribution < 1.29 is 12.8 Å². The molecule has 10 heteroatoms. The first-order valence-electron chi connectivity index (χ1n) is 9.86. The van der Waals surface area contributed by atoms with Gasteiger partial charge in [0.25, 0.3) is 0 Å². The van der Waals surface area contributed by atoms with Crippen LogP contribution >= 0.6 is 0 Å². The number of nitrogens with two attached hydrogens (primary N) is 1. The molecule has 0 aliphatic carbocycles. The predicted molar refractivity (Wildman–Crippen MR) is 123 cm³/mol. The van der Waals surface area contributed by atoms with E-state index in [0.29, 0.717) is 22.2 Å². The van der Waals surface area contributed by atoms with Gasteiger partial charge < -0.3 is 11.1 Å². The molecule has 0 unspecified atom stereocenters. The fraction of sp³-hybridized carbons (Fsp3) is 0.130. The molecule has 0 fully saturated rings. The molecule has 2 aromatic heterocycles. The number of nitrogens with one attached hydrogen (secondary N) is 1. The quantitative estimate of drug-likeness (QED) is 0.456. The Hall–Kier alpha value is -4.10. The number of sulfone groups is 1. The Labute approximate surface area is 189 Å². The van der Waals surface area contributed by atoms with Crippen LogP contribution in [0.5, 0.6) is 0 Å². The molecule has 3 N–H and O–H groups in total. The number of fused-ring (bicyclic) bond motifs is 1. The van der Waals surface area contributed by atoms with Crippen LogP contribution in [0.15, 0.2) is 59.8 Å². The number of pyridine rings is 1. The molecule has 0 aliphatic heterocycles. The summed E-state index contributed by atoms with van der Waals surface area (Å²) in [5.41, 5.74) is 7.23. The summed E-state index contributed by atoms with van der Waals surface area (Å²) in [5, 5.41) is 13.1. The zero-order chi connectivity index (χ0) is 23.8. The van der Waals surface area contributed by atoms with Crippen molar-refractivity contribution in [1.82, 2.24) is 15.0 Å². The predicted octanol–water partition coefficient (Wildman–Crippen LogP) is 3.86. The van der Waals surface area contributed by atoms with Gasteiger partial charge in [0.2, 0.25) is 0 Å². The Bertz CT molecular complexity index is 1530. The first kappa shape index (κ1) is 22.1. The van der Waals surface area contributed by atoms with Crippen LogP contribution in [0.1, 0.15) is 24.1 Å². The summed E-state index contributed by atoms with van der Waals surface area (Å²) in [4.78, 5) is 12.6. The molecule has 4 rings (SSSR count). The maximum absolute atomic E-state index is 14.6. The summed E-state index contributed by atoms with van der Waals surface area (Å²) in [7, 11) is -3.60. The van der Waals surface area contributed by atoms with E-state index < -0.39 is 21.7 Å². The lowest BCUT2D eigenvalue weighted by molar-refractivity contribution is 0.602. The van der Waals surface area contributed by atoms with Gasteiger partial charge in [-0.2, -0.15) is 5.26 Å². The van der Waals surface area contributed by atoms with Gasteiger partial charge in [-0.25, -0.2) is 27.8 Å². The number of rotatable bonds is 5. The molecule has 2 heterocycles. The second-order valence-corrected chi connectivity index (χ2v) is 9.45. The molecule has 8 nitrogen and oxygen atoms in total. The van der Waals surface area contributed by atoms with Crippen molar-refractivity contribution in [1.29, 1.82) is 5.26 Å². The molecule has 166 valence electrons. The van der Waals surface area contributed by atoms with Crippen LogP contribution in [-0.4, -0.2) is 29.6 Å². The van der Waals surface area contributed by atoms with Crippen LogP contribution in [0.2, 0.25) is 0 Å². The van der Waals surface area contributed by atoms with Crippen LogP contribution in [0, 0.1) is 17.1 Å². The summed E-state index contributed by atoms with van der Waals surface area (Å²) in [6.07, 6.45) is 2.34. The van der Waals surface area contributed by atoms with Gasteiger partial charge in [-0.1, -0.05) is 30.3 Å². The molecule has 0 bridgehead atoms. The number of anilines is 2. The average Bonchev–Trinajstić information content (AvgIpc) is 2.78. The summed E-state index contributed by atoms with van der Waals surface area (Å²) in [6.45, 7) is 1.80. The number of nitrogens with zero attached hydrogens (tertiary/aromatic N) is 4. The highest BCUT2D eigenvalue weighted by Crippen LogP contribution is 2.35. The normalized spacial score (nSPS) is 12.3. The van der Waals surface area contributed by atoms with Gasteiger partial charge >= 0.3 is 0 Å². The minimum atomic E-state index is -3.60. The summed E-state index contributed by atoms with van der Waals surface area (Å²) < 4.78 is 39.5. The minimum Gasteiger partial charge on any atom is -0.382 e. The highest BCUT2D eigenvalue weighted by Gasteiger charge is 2.23. The van der Waals surface area contributed by atoms with Crippen LogP contribution in [-0.2, 0) is 9.84 Å². The molecule has 0 spiro atoms. The third-order valence-corrected chi connectivity index (χ3v) is 6.33. The van der Waals surface area contributed by atoms with Crippen molar-refractivity contribution >= 4 is 32.4 Å². The minimum absolute atomic E-state index is 0.0311. The number of para-hydroxylation sites is 1. The van der Waals surface area contributed by atoms with Gasteiger partial charge in [0.1, 0.15) is 40.9 Å². The van der Waals surface area contributed by atoms with E-state index in [1.807, 2.05) is 6.07 Å². The molecule has 1 atom stereocenters. The summed E-state index contributed by atoms with van der Waals surface area (Å²) >= 11 is 0. The van der Waals surface area contributed by atoms with E-state index >= 15 is 0 Å². The van der Waals surface area contributed by atoms with Crippen molar-refractivity contribution in [2.75, 3.05) is 17.3 Å². The number of benzene rings is 2. The van der Waals surface area contributed by atoms with Crippen LogP contribution in [0.25, 0.3) is 22.2 Å². The van der Waals surface area contributed by atoms with Gasteiger partial charge in [0.15, 0.2) is 9.84 Å². The molecule has 4 aromatic rings. The van der Waals surface area contributed by atoms with E-state index in [0.717, 1.165) is 6.26 Å². The van der Waals surface area contributed by atoms with E-state index in [9.17, 15) is 18.1 Å². The van der Waals surface area contributed by atoms with Crippen molar-refractivity contribution in [3.05, 3.63) is 71.8 Å².